The highest BCUT2D eigenvalue weighted by Crippen LogP contribution is 2.33. The van der Waals surface area contributed by atoms with Crippen molar-refractivity contribution in [3.05, 3.63) is 52.0 Å². The van der Waals surface area contributed by atoms with Gasteiger partial charge in [-0.1, -0.05) is 6.07 Å². The second-order valence-electron chi connectivity index (χ2n) is 7.20. The van der Waals surface area contributed by atoms with Gasteiger partial charge >= 0.3 is 0 Å². The highest BCUT2D eigenvalue weighted by atomic mass is 32.1. The first-order chi connectivity index (χ1) is 12.6. The molecule has 0 unspecified atom stereocenters. The smallest absolute Gasteiger partial charge is 0.263 e. The summed E-state index contributed by atoms with van der Waals surface area (Å²) in [7, 11) is 0. The van der Waals surface area contributed by atoms with Crippen molar-refractivity contribution in [3.8, 4) is 0 Å². The van der Waals surface area contributed by atoms with E-state index in [1.54, 1.807) is 17.5 Å². The number of aryl methyl sites for hydroxylation is 1. The molecule has 0 aromatic carbocycles. The van der Waals surface area contributed by atoms with Gasteiger partial charge in [0.25, 0.3) is 5.91 Å². The first kappa shape index (κ1) is 17.2. The summed E-state index contributed by atoms with van der Waals surface area (Å²) in [6.07, 6.45) is 5.88. The number of piperidine rings is 2. The van der Waals surface area contributed by atoms with E-state index >= 15 is 0 Å². The minimum Gasteiger partial charge on any atom is -0.338 e. The average Bonchev–Trinajstić information content (AvgIpc) is 3.10. The Bertz CT molecular complexity index is 804. The summed E-state index contributed by atoms with van der Waals surface area (Å²) in [6.45, 7) is 4.10. The fraction of sp³-hybridized carbons (Fsp3) is 0.450. The minimum atomic E-state index is 0.136. The number of amides is 2. The predicted octanol–water partition coefficient (Wildman–Crippen LogP) is 3.10. The molecule has 2 aliphatic heterocycles. The fourth-order valence-electron chi connectivity index (χ4n) is 4.13. The maximum atomic E-state index is 12.8. The van der Waals surface area contributed by atoms with E-state index in [0.29, 0.717) is 25.4 Å². The number of carbonyl (C=O) groups is 2. The third-order valence-corrected chi connectivity index (χ3v) is 6.45. The molecule has 2 aromatic heterocycles. The SMILES string of the molecule is Cc1ccc(C(=O)N2CC[C@H]3[C@H](CCC(=O)N3Cc3cccnc3)C2)s1. The van der Waals surface area contributed by atoms with Gasteiger partial charge in [0.1, 0.15) is 0 Å². The Morgan fingerprint density at radius 2 is 2.19 bits per heavy atom. The summed E-state index contributed by atoms with van der Waals surface area (Å²) in [5.41, 5.74) is 1.06. The van der Waals surface area contributed by atoms with Gasteiger partial charge in [0.05, 0.1) is 4.88 Å². The first-order valence-electron chi connectivity index (χ1n) is 9.16. The van der Waals surface area contributed by atoms with Gasteiger partial charge in [-0.05, 0) is 49.4 Å². The number of aromatic nitrogens is 1. The lowest BCUT2D eigenvalue weighted by Gasteiger charge is -2.47. The van der Waals surface area contributed by atoms with Crippen LogP contribution in [0, 0.1) is 12.8 Å². The van der Waals surface area contributed by atoms with E-state index in [0.717, 1.165) is 34.7 Å². The van der Waals surface area contributed by atoms with Crippen molar-refractivity contribution < 1.29 is 9.59 Å². The summed E-state index contributed by atoms with van der Waals surface area (Å²) < 4.78 is 0. The van der Waals surface area contributed by atoms with Crippen molar-refractivity contribution in [1.82, 2.24) is 14.8 Å². The highest BCUT2D eigenvalue weighted by molar-refractivity contribution is 7.13. The standard InChI is InChI=1S/C20H23N3O2S/c1-14-4-6-18(26-14)20(25)22-10-8-17-16(13-22)5-7-19(24)23(17)12-15-3-2-9-21-11-15/h2-4,6,9,11,16-17H,5,7-8,10,12-13H2,1H3/t16-,17+/m1/s1. The molecule has 0 saturated carbocycles. The zero-order valence-corrected chi connectivity index (χ0v) is 15.7. The van der Waals surface area contributed by atoms with Crippen LogP contribution in [0.3, 0.4) is 0 Å². The van der Waals surface area contributed by atoms with Gasteiger partial charge in [0, 0.05) is 49.4 Å². The molecule has 0 N–H and O–H groups in total. The van der Waals surface area contributed by atoms with Crippen LogP contribution in [0.4, 0.5) is 0 Å². The maximum absolute atomic E-state index is 12.8. The number of fused-ring (bicyclic) bond motifs is 1. The Balaban J connectivity index is 1.46. The molecule has 5 nitrogen and oxygen atoms in total. The van der Waals surface area contributed by atoms with Gasteiger partial charge in [-0.2, -0.15) is 0 Å². The van der Waals surface area contributed by atoms with Crippen LogP contribution in [-0.2, 0) is 11.3 Å². The molecular weight excluding hydrogens is 346 g/mol. The molecule has 4 heterocycles. The van der Waals surface area contributed by atoms with Crippen LogP contribution in [0.5, 0.6) is 0 Å². The molecule has 2 aliphatic rings. The second-order valence-corrected chi connectivity index (χ2v) is 8.49. The van der Waals surface area contributed by atoms with Gasteiger partial charge < -0.3 is 9.80 Å². The third kappa shape index (κ3) is 3.38. The molecule has 2 amide bonds. The van der Waals surface area contributed by atoms with E-state index in [2.05, 4.69) is 4.98 Å². The molecule has 0 bridgehead atoms. The number of carbonyl (C=O) groups excluding carboxylic acids is 2. The predicted molar refractivity (Wildman–Crippen MR) is 101 cm³/mol. The summed E-state index contributed by atoms with van der Waals surface area (Å²) in [4.78, 5) is 35.4. The van der Waals surface area contributed by atoms with Crippen molar-refractivity contribution in [3.63, 3.8) is 0 Å². The van der Waals surface area contributed by atoms with Crippen molar-refractivity contribution >= 4 is 23.2 Å². The van der Waals surface area contributed by atoms with E-state index in [4.69, 9.17) is 0 Å². The van der Waals surface area contributed by atoms with E-state index in [1.165, 1.54) is 0 Å². The minimum absolute atomic E-state index is 0.136. The topological polar surface area (TPSA) is 53.5 Å². The number of pyridine rings is 1. The number of thiophene rings is 1. The molecule has 2 fully saturated rings. The van der Waals surface area contributed by atoms with Crippen molar-refractivity contribution in [2.75, 3.05) is 13.1 Å². The van der Waals surface area contributed by atoms with Crippen LogP contribution in [0.25, 0.3) is 0 Å². The molecule has 4 rings (SSSR count). The zero-order chi connectivity index (χ0) is 18.1. The summed E-state index contributed by atoms with van der Waals surface area (Å²) in [5, 5.41) is 0. The Kier molecular flexibility index (Phi) is 4.76. The average molecular weight is 369 g/mol. The molecule has 0 spiro atoms. The monoisotopic (exact) mass is 369 g/mol. The Morgan fingerprint density at radius 3 is 2.92 bits per heavy atom. The Morgan fingerprint density at radius 1 is 1.31 bits per heavy atom. The lowest BCUT2D eigenvalue weighted by molar-refractivity contribution is -0.141. The lowest BCUT2D eigenvalue weighted by Crippen LogP contribution is -2.56. The van der Waals surface area contributed by atoms with Crippen LogP contribution in [0.2, 0.25) is 0 Å². The molecule has 0 aliphatic carbocycles. The van der Waals surface area contributed by atoms with Crippen molar-refractivity contribution in [2.45, 2.75) is 38.8 Å². The van der Waals surface area contributed by atoms with Crippen LogP contribution < -0.4 is 0 Å². The van der Waals surface area contributed by atoms with Gasteiger partial charge in [0.2, 0.25) is 5.91 Å². The highest BCUT2D eigenvalue weighted by Gasteiger charge is 2.40. The normalized spacial score (nSPS) is 23.0. The summed E-state index contributed by atoms with van der Waals surface area (Å²) in [6, 6.07) is 8.07. The Hall–Kier alpha value is -2.21. The quantitative estimate of drug-likeness (QED) is 0.835. The van der Waals surface area contributed by atoms with Crippen LogP contribution >= 0.6 is 11.3 Å². The molecule has 2 saturated heterocycles. The molecule has 6 heteroatoms. The second kappa shape index (κ2) is 7.19. The van der Waals surface area contributed by atoms with Crippen LogP contribution in [0.15, 0.2) is 36.7 Å². The molecular formula is C20H23N3O2S. The third-order valence-electron chi connectivity index (χ3n) is 5.46. The number of hydrogen-bond donors (Lipinski definition) is 0. The molecule has 2 atom stereocenters. The van der Waals surface area contributed by atoms with Crippen LogP contribution in [-0.4, -0.2) is 45.7 Å². The van der Waals surface area contributed by atoms with E-state index in [-0.39, 0.29) is 17.9 Å². The van der Waals surface area contributed by atoms with Gasteiger partial charge in [-0.15, -0.1) is 11.3 Å². The number of rotatable bonds is 3. The van der Waals surface area contributed by atoms with E-state index in [9.17, 15) is 9.59 Å². The van der Waals surface area contributed by atoms with E-state index < -0.39 is 0 Å². The van der Waals surface area contributed by atoms with E-state index in [1.807, 2.05) is 47.2 Å². The van der Waals surface area contributed by atoms with Crippen molar-refractivity contribution in [1.29, 1.82) is 0 Å². The lowest BCUT2D eigenvalue weighted by atomic mass is 9.83. The number of hydrogen-bond acceptors (Lipinski definition) is 4. The summed E-state index contributed by atoms with van der Waals surface area (Å²) in [5.74, 6) is 0.726. The first-order valence-corrected chi connectivity index (χ1v) is 9.97. The van der Waals surface area contributed by atoms with Gasteiger partial charge in [-0.25, -0.2) is 0 Å². The number of nitrogens with zero attached hydrogens (tertiary/aromatic N) is 3. The van der Waals surface area contributed by atoms with Crippen LogP contribution in [0.1, 0.15) is 39.4 Å². The summed E-state index contributed by atoms with van der Waals surface area (Å²) >= 11 is 1.56. The molecule has 26 heavy (non-hydrogen) atoms. The Labute approximate surface area is 157 Å². The van der Waals surface area contributed by atoms with Gasteiger partial charge in [0.15, 0.2) is 0 Å². The number of likely N-dealkylation sites (tertiary alicyclic amines) is 2. The van der Waals surface area contributed by atoms with Crippen molar-refractivity contribution in [2.24, 2.45) is 5.92 Å². The molecule has 0 radical (unpaired) electrons. The van der Waals surface area contributed by atoms with Gasteiger partial charge in [-0.3, -0.25) is 14.6 Å². The zero-order valence-electron chi connectivity index (χ0n) is 14.9. The largest absolute Gasteiger partial charge is 0.338 e. The fourth-order valence-corrected chi connectivity index (χ4v) is 4.97. The maximum Gasteiger partial charge on any atom is 0.263 e. The molecule has 2 aromatic rings. The molecule has 136 valence electrons.